The third-order valence-corrected chi connectivity index (χ3v) is 2.14. The van der Waals surface area contributed by atoms with Gasteiger partial charge in [-0.15, -0.1) is 0 Å². The Kier molecular flexibility index (Phi) is 2.42. The van der Waals surface area contributed by atoms with Gasteiger partial charge in [-0.05, 0) is 12.8 Å². The van der Waals surface area contributed by atoms with E-state index in [9.17, 15) is 4.79 Å². The molecule has 1 aliphatic carbocycles. The second-order valence-electron chi connectivity index (χ2n) is 2.90. The minimum Gasteiger partial charge on any atom is -0.396 e. The fraction of sp³-hybridized carbons (Fsp3) is 0.625. The van der Waals surface area contributed by atoms with Gasteiger partial charge in [-0.25, -0.2) is 0 Å². The molecule has 11 heavy (non-hydrogen) atoms. The second kappa shape index (κ2) is 3.15. The minimum atomic E-state index is -0.955. The summed E-state index contributed by atoms with van der Waals surface area (Å²) < 4.78 is 0. The molecule has 3 heteroatoms. The van der Waals surface area contributed by atoms with Gasteiger partial charge in [-0.1, -0.05) is 12.2 Å². The third-order valence-electron chi connectivity index (χ3n) is 2.14. The number of rotatable bonds is 2. The molecule has 0 aromatic rings. The van der Waals surface area contributed by atoms with E-state index in [1.165, 1.54) is 0 Å². The van der Waals surface area contributed by atoms with E-state index in [0.717, 1.165) is 6.42 Å². The van der Waals surface area contributed by atoms with E-state index in [1.807, 2.05) is 6.08 Å². The van der Waals surface area contributed by atoms with Crippen molar-refractivity contribution in [2.75, 3.05) is 6.61 Å². The first-order valence-electron chi connectivity index (χ1n) is 3.68. The first kappa shape index (κ1) is 8.43. The first-order chi connectivity index (χ1) is 5.23. The van der Waals surface area contributed by atoms with Crippen molar-refractivity contribution in [3.05, 3.63) is 12.2 Å². The van der Waals surface area contributed by atoms with E-state index in [4.69, 9.17) is 10.8 Å². The van der Waals surface area contributed by atoms with E-state index >= 15 is 0 Å². The average Bonchev–Trinajstić information content (AvgIpc) is 2.05. The quantitative estimate of drug-likeness (QED) is 0.539. The van der Waals surface area contributed by atoms with Gasteiger partial charge in [0.05, 0.1) is 12.1 Å². The number of nitrogens with two attached hydrogens (primary N) is 1. The van der Waals surface area contributed by atoms with Crippen LogP contribution in [0.3, 0.4) is 0 Å². The second-order valence-corrected chi connectivity index (χ2v) is 2.90. The molecule has 0 aliphatic heterocycles. The number of aliphatic hydroxyl groups excluding tert-OH is 1. The summed E-state index contributed by atoms with van der Waals surface area (Å²) in [6.45, 7) is -0.0811. The Balaban J connectivity index is 2.77. The van der Waals surface area contributed by atoms with Crippen molar-refractivity contribution in [3.8, 4) is 0 Å². The van der Waals surface area contributed by atoms with Gasteiger partial charge in [-0.2, -0.15) is 0 Å². The molecule has 0 heterocycles. The zero-order valence-corrected chi connectivity index (χ0v) is 6.29. The van der Waals surface area contributed by atoms with Gasteiger partial charge in [0.1, 0.15) is 0 Å². The molecular weight excluding hydrogens is 142 g/mol. The minimum absolute atomic E-state index is 0.0811. The summed E-state index contributed by atoms with van der Waals surface area (Å²) in [5.41, 5.74) is 4.72. The van der Waals surface area contributed by atoms with Crippen LogP contribution in [0.2, 0.25) is 0 Å². The highest BCUT2D eigenvalue weighted by molar-refractivity contribution is 5.66. The molecule has 0 unspecified atom stereocenters. The predicted molar refractivity (Wildman–Crippen MR) is 41.6 cm³/mol. The van der Waals surface area contributed by atoms with Gasteiger partial charge in [0.2, 0.25) is 6.29 Å². The summed E-state index contributed by atoms with van der Waals surface area (Å²) in [5, 5.41) is 8.85. The van der Waals surface area contributed by atoms with Crippen LogP contribution in [0.5, 0.6) is 0 Å². The number of allylic oxidation sites excluding steroid dienone is 1. The Morgan fingerprint density at radius 3 is 3.00 bits per heavy atom. The molecule has 2 atom stereocenters. The number of hydrogen-bond acceptors (Lipinski definition) is 3. The van der Waals surface area contributed by atoms with Gasteiger partial charge in [0.25, 0.3) is 0 Å². The number of carbonyl (C=O) groups excluding carboxylic acids is 1. The van der Waals surface area contributed by atoms with Gasteiger partial charge in [0, 0.05) is 5.92 Å². The number of aliphatic hydroxyl groups is 1. The van der Waals surface area contributed by atoms with Crippen LogP contribution < -0.4 is 5.73 Å². The summed E-state index contributed by atoms with van der Waals surface area (Å²) in [6, 6.07) is 0. The lowest BCUT2D eigenvalue weighted by molar-refractivity contribution is 0.203. The Morgan fingerprint density at radius 1 is 1.82 bits per heavy atom. The van der Waals surface area contributed by atoms with E-state index in [1.54, 1.807) is 12.4 Å². The average molecular weight is 154 g/mol. The lowest BCUT2D eigenvalue weighted by Crippen LogP contribution is -2.50. The highest BCUT2D eigenvalue weighted by Gasteiger charge is 2.34. The molecule has 0 aromatic heterocycles. The van der Waals surface area contributed by atoms with Gasteiger partial charge >= 0.3 is 0 Å². The summed E-state index contributed by atoms with van der Waals surface area (Å²) in [5.74, 6) is -0.256. The van der Waals surface area contributed by atoms with Crippen LogP contribution in [0.1, 0.15) is 12.8 Å². The third kappa shape index (κ3) is 1.49. The first-order valence-corrected chi connectivity index (χ1v) is 3.68. The van der Waals surface area contributed by atoms with E-state index < -0.39 is 5.54 Å². The molecule has 0 saturated carbocycles. The molecule has 0 aromatic carbocycles. The summed E-state index contributed by atoms with van der Waals surface area (Å²) in [7, 11) is 0. The van der Waals surface area contributed by atoms with Crippen LogP contribution >= 0.6 is 0 Å². The molecule has 0 fully saturated rings. The molecule has 1 rings (SSSR count). The lowest BCUT2D eigenvalue weighted by atomic mass is 9.79. The van der Waals surface area contributed by atoms with Crippen LogP contribution in [0.4, 0.5) is 0 Å². The highest BCUT2D eigenvalue weighted by atomic mass is 16.3. The SMILES string of the molecule is N[C@@]1([C]=O)CCC=C[C@H]1CO. The Bertz CT molecular complexity index is 179. The van der Waals surface area contributed by atoms with Gasteiger partial charge in [-0.3, -0.25) is 4.79 Å². The fourth-order valence-corrected chi connectivity index (χ4v) is 1.29. The number of hydrogen-bond donors (Lipinski definition) is 2. The van der Waals surface area contributed by atoms with Crippen molar-refractivity contribution < 1.29 is 9.90 Å². The van der Waals surface area contributed by atoms with E-state index in [-0.39, 0.29) is 12.5 Å². The largest absolute Gasteiger partial charge is 0.396 e. The standard InChI is InChI=1S/C8H12NO2/c9-8(6-11)4-2-1-3-7(8)5-10/h1,3,7,10H,2,4-5,9H2/t7-,8+/m0/s1. The molecule has 0 bridgehead atoms. The van der Waals surface area contributed by atoms with Gasteiger partial charge in [0.15, 0.2) is 0 Å². The smallest absolute Gasteiger partial charge is 0.220 e. The molecular formula is C8H12NO2. The highest BCUT2D eigenvalue weighted by Crippen LogP contribution is 2.24. The Morgan fingerprint density at radius 2 is 2.55 bits per heavy atom. The van der Waals surface area contributed by atoms with Crippen molar-refractivity contribution in [1.29, 1.82) is 0 Å². The monoisotopic (exact) mass is 154 g/mol. The molecule has 0 spiro atoms. The van der Waals surface area contributed by atoms with Crippen LogP contribution in [-0.2, 0) is 4.79 Å². The predicted octanol–water partition coefficient (Wildman–Crippen LogP) is -0.248. The van der Waals surface area contributed by atoms with Crippen LogP contribution in [0, 0.1) is 5.92 Å². The zero-order valence-electron chi connectivity index (χ0n) is 6.29. The molecule has 0 saturated heterocycles. The Labute approximate surface area is 65.9 Å². The fourth-order valence-electron chi connectivity index (χ4n) is 1.29. The normalized spacial score (nSPS) is 37.1. The molecule has 3 N–H and O–H groups in total. The van der Waals surface area contributed by atoms with Crippen molar-refractivity contribution >= 4 is 6.29 Å². The maximum atomic E-state index is 10.5. The Hall–Kier alpha value is -0.670. The zero-order chi connectivity index (χ0) is 8.32. The van der Waals surface area contributed by atoms with Crippen LogP contribution in [0.15, 0.2) is 12.2 Å². The van der Waals surface area contributed by atoms with Crippen LogP contribution in [-0.4, -0.2) is 23.5 Å². The van der Waals surface area contributed by atoms with Crippen molar-refractivity contribution in [2.45, 2.75) is 18.4 Å². The summed E-state index contributed by atoms with van der Waals surface area (Å²) in [6.07, 6.45) is 6.89. The summed E-state index contributed by atoms with van der Waals surface area (Å²) in [4.78, 5) is 10.5. The molecule has 61 valence electrons. The van der Waals surface area contributed by atoms with E-state index in [0.29, 0.717) is 6.42 Å². The van der Waals surface area contributed by atoms with Crippen LogP contribution in [0.25, 0.3) is 0 Å². The molecule has 1 aliphatic rings. The maximum absolute atomic E-state index is 10.5. The van der Waals surface area contributed by atoms with Crippen molar-refractivity contribution in [2.24, 2.45) is 11.7 Å². The van der Waals surface area contributed by atoms with E-state index in [2.05, 4.69) is 0 Å². The van der Waals surface area contributed by atoms with Crippen molar-refractivity contribution in [1.82, 2.24) is 0 Å². The molecule has 0 amide bonds. The molecule has 3 nitrogen and oxygen atoms in total. The topological polar surface area (TPSA) is 63.3 Å². The van der Waals surface area contributed by atoms with Crippen molar-refractivity contribution in [3.63, 3.8) is 0 Å². The van der Waals surface area contributed by atoms with Gasteiger partial charge < -0.3 is 10.8 Å². The molecule has 1 radical (unpaired) electrons. The lowest BCUT2D eigenvalue weighted by Gasteiger charge is -2.30. The summed E-state index contributed by atoms with van der Waals surface area (Å²) >= 11 is 0. The maximum Gasteiger partial charge on any atom is 0.220 e.